The third-order valence-electron chi connectivity index (χ3n) is 3.64. The fourth-order valence-electron chi connectivity index (χ4n) is 2.67. The Hall–Kier alpha value is -3.08. The molecule has 1 amide bonds. The van der Waals surface area contributed by atoms with Gasteiger partial charge in [0.15, 0.2) is 0 Å². The number of benzene rings is 2. The average Bonchev–Trinajstić information content (AvgIpc) is 3.05. The van der Waals surface area contributed by atoms with E-state index < -0.39 is 5.92 Å². The van der Waals surface area contributed by atoms with Gasteiger partial charge in [-0.3, -0.25) is 4.79 Å². The van der Waals surface area contributed by atoms with Crippen molar-refractivity contribution < 1.29 is 14.1 Å². The van der Waals surface area contributed by atoms with Crippen LogP contribution in [0.25, 0.3) is 0 Å². The fourth-order valence-corrected chi connectivity index (χ4v) is 2.67. The summed E-state index contributed by atoms with van der Waals surface area (Å²) in [6.45, 7) is 0. The van der Waals surface area contributed by atoms with Crippen LogP contribution in [0, 0.1) is 0 Å². The molecule has 0 aliphatic carbocycles. The van der Waals surface area contributed by atoms with Gasteiger partial charge in [-0.1, -0.05) is 41.6 Å². The third-order valence-corrected chi connectivity index (χ3v) is 3.64. The first-order chi connectivity index (χ1) is 10.8. The molecule has 2 heterocycles. The molecule has 1 N–H and O–H groups in total. The minimum atomic E-state index is -0.434. The van der Waals surface area contributed by atoms with Gasteiger partial charge < -0.3 is 14.6 Å². The molecular formula is C17H12N2O3. The van der Waals surface area contributed by atoms with E-state index in [2.05, 4.69) is 10.5 Å². The van der Waals surface area contributed by atoms with Crippen LogP contribution in [0.5, 0.6) is 11.5 Å². The Morgan fingerprint density at radius 1 is 1.00 bits per heavy atom. The number of amides is 1. The van der Waals surface area contributed by atoms with E-state index in [-0.39, 0.29) is 5.91 Å². The van der Waals surface area contributed by atoms with Crippen molar-refractivity contribution in [3.8, 4) is 11.5 Å². The maximum Gasteiger partial charge on any atom is 0.236 e. The Morgan fingerprint density at radius 3 is 2.23 bits per heavy atom. The van der Waals surface area contributed by atoms with Crippen molar-refractivity contribution in [2.75, 3.05) is 5.32 Å². The van der Waals surface area contributed by atoms with E-state index in [1.54, 1.807) is 0 Å². The van der Waals surface area contributed by atoms with E-state index in [4.69, 9.17) is 9.26 Å². The molecular weight excluding hydrogens is 280 g/mol. The number of nitrogens with one attached hydrogen (secondary N) is 1. The minimum Gasteiger partial charge on any atom is -0.457 e. The molecule has 1 aliphatic heterocycles. The molecule has 5 nitrogen and oxygen atoms in total. The van der Waals surface area contributed by atoms with Crippen molar-refractivity contribution in [2.24, 2.45) is 0 Å². The van der Waals surface area contributed by atoms with Crippen LogP contribution < -0.4 is 10.1 Å². The van der Waals surface area contributed by atoms with Gasteiger partial charge in [0.1, 0.15) is 23.4 Å². The van der Waals surface area contributed by atoms with Gasteiger partial charge in [0, 0.05) is 11.1 Å². The second-order valence-corrected chi connectivity index (χ2v) is 5.01. The van der Waals surface area contributed by atoms with Gasteiger partial charge >= 0.3 is 0 Å². The summed E-state index contributed by atoms with van der Waals surface area (Å²) in [7, 11) is 0. The quantitative estimate of drug-likeness (QED) is 0.784. The van der Waals surface area contributed by atoms with Crippen LogP contribution >= 0.6 is 0 Å². The fraction of sp³-hybridized carbons (Fsp3) is 0.0588. The van der Waals surface area contributed by atoms with E-state index in [1.165, 1.54) is 12.5 Å². The van der Waals surface area contributed by atoms with Crippen LogP contribution in [0.2, 0.25) is 0 Å². The number of carbonyl (C=O) groups is 1. The van der Waals surface area contributed by atoms with E-state index in [0.717, 1.165) is 11.1 Å². The largest absolute Gasteiger partial charge is 0.457 e. The number of carbonyl (C=O) groups excluding carboxylic acids is 1. The molecule has 0 saturated carbocycles. The summed E-state index contributed by atoms with van der Waals surface area (Å²) in [4.78, 5) is 12.8. The number of para-hydroxylation sites is 2. The van der Waals surface area contributed by atoms with Crippen molar-refractivity contribution in [3.05, 3.63) is 72.1 Å². The predicted molar refractivity (Wildman–Crippen MR) is 79.9 cm³/mol. The zero-order valence-electron chi connectivity index (χ0n) is 11.5. The van der Waals surface area contributed by atoms with E-state index in [0.29, 0.717) is 17.2 Å². The molecule has 0 spiro atoms. The number of nitrogens with zero attached hydrogens (tertiary/aromatic N) is 1. The molecule has 0 unspecified atom stereocenters. The Kier molecular flexibility index (Phi) is 2.89. The van der Waals surface area contributed by atoms with Gasteiger partial charge in [-0.15, -0.1) is 0 Å². The molecule has 0 radical (unpaired) electrons. The molecule has 0 fully saturated rings. The monoisotopic (exact) mass is 292 g/mol. The molecule has 0 bridgehead atoms. The maximum absolute atomic E-state index is 12.8. The SMILES string of the molecule is O=C(Nc1cnoc1)C1c2ccccc2Oc2ccccc21. The molecule has 4 rings (SSSR count). The lowest BCUT2D eigenvalue weighted by Gasteiger charge is -2.27. The summed E-state index contributed by atoms with van der Waals surface area (Å²) in [5.74, 6) is 0.820. The normalized spacial score (nSPS) is 12.9. The van der Waals surface area contributed by atoms with Gasteiger partial charge in [0.2, 0.25) is 5.91 Å². The number of fused-ring (bicyclic) bond motifs is 2. The molecule has 22 heavy (non-hydrogen) atoms. The lowest BCUT2D eigenvalue weighted by atomic mass is 9.87. The Bertz CT molecular complexity index is 782. The average molecular weight is 292 g/mol. The van der Waals surface area contributed by atoms with Crippen molar-refractivity contribution >= 4 is 11.6 Å². The van der Waals surface area contributed by atoms with Crippen molar-refractivity contribution in [2.45, 2.75) is 5.92 Å². The van der Waals surface area contributed by atoms with Crippen molar-refractivity contribution in [1.29, 1.82) is 0 Å². The lowest BCUT2D eigenvalue weighted by Crippen LogP contribution is -2.24. The zero-order valence-corrected chi connectivity index (χ0v) is 11.5. The number of hydrogen-bond donors (Lipinski definition) is 1. The topological polar surface area (TPSA) is 64.4 Å². The highest BCUT2D eigenvalue weighted by molar-refractivity contribution is 5.99. The van der Waals surface area contributed by atoms with Crippen LogP contribution in [0.3, 0.4) is 0 Å². The molecule has 3 aromatic rings. The highest BCUT2D eigenvalue weighted by Crippen LogP contribution is 2.44. The number of rotatable bonds is 2. The predicted octanol–water partition coefficient (Wildman–Crippen LogP) is 3.55. The van der Waals surface area contributed by atoms with Crippen LogP contribution in [-0.4, -0.2) is 11.1 Å². The lowest BCUT2D eigenvalue weighted by molar-refractivity contribution is -0.116. The van der Waals surface area contributed by atoms with Gasteiger partial charge in [-0.05, 0) is 12.1 Å². The molecule has 2 aromatic carbocycles. The number of hydrogen-bond acceptors (Lipinski definition) is 4. The standard InChI is InChI=1S/C17H12N2O3/c20-17(19-11-9-18-21-10-11)16-12-5-1-3-7-14(12)22-15-8-4-2-6-13(15)16/h1-10,16H,(H,19,20). The maximum atomic E-state index is 12.8. The highest BCUT2D eigenvalue weighted by atomic mass is 16.5. The van der Waals surface area contributed by atoms with Crippen LogP contribution in [-0.2, 0) is 4.79 Å². The van der Waals surface area contributed by atoms with E-state index >= 15 is 0 Å². The van der Waals surface area contributed by atoms with Crippen LogP contribution in [0.1, 0.15) is 17.0 Å². The number of ether oxygens (including phenoxy) is 1. The molecule has 1 aliphatic rings. The number of anilines is 1. The van der Waals surface area contributed by atoms with Crippen LogP contribution in [0.15, 0.2) is 65.5 Å². The summed E-state index contributed by atoms with van der Waals surface area (Å²) in [6.07, 6.45) is 2.87. The highest BCUT2D eigenvalue weighted by Gasteiger charge is 2.32. The van der Waals surface area contributed by atoms with Gasteiger partial charge in [-0.25, -0.2) is 0 Å². The summed E-state index contributed by atoms with van der Waals surface area (Å²) < 4.78 is 10.6. The Morgan fingerprint density at radius 2 is 1.64 bits per heavy atom. The first kappa shape index (κ1) is 12.6. The summed E-state index contributed by atoms with van der Waals surface area (Å²) in [5.41, 5.74) is 2.22. The van der Waals surface area contributed by atoms with Crippen LogP contribution in [0.4, 0.5) is 5.69 Å². The van der Waals surface area contributed by atoms with E-state index in [1.807, 2.05) is 48.5 Å². The summed E-state index contributed by atoms with van der Waals surface area (Å²) >= 11 is 0. The zero-order chi connectivity index (χ0) is 14.9. The van der Waals surface area contributed by atoms with Gasteiger partial charge in [-0.2, -0.15) is 0 Å². The Balaban J connectivity index is 1.79. The van der Waals surface area contributed by atoms with Crippen molar-refractivity contribution in [3.63, 3.8) is 0 Å². The first-order valence-corrected chi connectivity index (χ1v) is 6.89. The second kappa shape index (κ2) is 5.04. The smallest absolute Gasteiger partial charge is 0.236 e. The number of aromatic nitrogens is 1. The summed E-state index contributed by atoms with van der Waals surface area (Å²) in [5, 5.41) is 6.42. The minimum absolute atomic E-state index is 0.147. The van der Waals surface area contributed by atoms with Gasteiger partial charge in [0.25, 0.3) is 0 Å². The summed E-state index contributed by atoms with van der Waals surface area (Å²) in [6, 6.07) is 15.1. The van der Waals surface area contributed by atoms with Gasteiger partial charge in [0.05, 0.1) is 12.1 Å². The second-order valence-electron chi connectivity index (χ2n) is 5.01. The van der Waals surface area contributed by atoms with E-state index in [9.17, 15) is 4.79 Å². The molecule has 1 aromatic heterocycles. The Labute approximate surface area is 126 Å². The third kappa shape index (κ3) is 2.03. The molecule has 0 saturated heterocycles. The first-order valence-electron chi connectivity index (χ1n) is 6.89. The van der Waals surface area contributed by atoms with Crippen molar-refractivity contribution in [1.82, 2.24) is 5.16 Å². The molecule has 5 heteroatoms. The molecule has 0 atom stereocenters. The molecule has 108 valence electrons.